The van der Waals surface area contributed by atoms with Crippen molar-refractivity contribution in [2.24, 2.45) is 5.41 Å². The maximum absolute atomic E-state index is 6.54. The zero-order chi connectivity index (χ0) is 14.5. The first-order valence-electron chi connectivity index (χ1n) is 6.79. The molecule has 2 rings (SSSR count). The molecule has 0 spiro atoms. The first kappa shape index (κ1) is 18.7. The minimum absolute atomic E-state index is 0. The van der Waals surface area contributed by atoms with E-state index in [-0.39, 0.29) is 31.3 Å². The monoisotopic (exact) mass is 492 g/mol. The molecule has 0 saturated heterocycles. The minimum Gasteiger partial charge on any atom is -0.0885 e. The molecule has 0 nitrogen and oxygen atoms in total. The van der Waals surface area contributed by atoms with Gasteiger partial charge in [0.05, 0.1) is 9.52 Å². The van der Waals surface area contributed by atoms with E-state index in [9.17, 15) is 0 Å². The van der Waals surface area contributed by atoms with Gasteiger partial charge in [-0.1, -0.05) is 58.6 Å². The van der Waals surface area contributed by atoms with Gasteiger partial charge in [-0.2, -0.15) is 0 Å². The largest absolute Gasteiger partial charge is 0.0885 e. The van der Waals surface area contributed by atoms with Gasteiger partial charge >= 0.3 is 0 Å². The van der Waals surface area contributed by atoms with Crippen LogP contribution in [-0.2, 0) is 25.8 Å². The number of hydrogen-bond donors (Lipinski definition) is 0. The molecule has 0 aromatic heterocycles. The molecule has 20 heavy (non-hydrogen) atoms. The zero-order valence-electron chi connectivity index (χ0n) is 13.2. The normalized spacial score (nSPS) is 22.8. The first-order chi connectivity index (χ1) is 8.67. The van der Waals surface area contributed by atoms with Crippen molar-refractivity contribution in [2.45, 2.75) is 48.0 Å². The maximum Gasteiger partial charge on any atom is 0.0882 e. The van der Waals surface area contributed by atoms with Crippen LogP contribution in [-0.4, -0.2) is 9.52 Å². The second-order valence-corrected chi connectivity index (χ2v) is 8.91. The van der Waals surface area contributed by atoms with Gasteiger partial charge in [0.2, 0.25) is 0 Å². The van der Waals surface area contributed by atoms with Crippen molar-refractivity contribution in [3.05, 3.63) is 42.7 Å². The molecule has 0 aliphatic heterocycles. The summed E-state index contributed by atoms with van der Waals surface area (Å²) < 4.78 is 0. The fraction of sp³-hybridized carbons (Fsp3) is 0.500. The summed E-state index contributed by atoms with van der Waals surface area (Å²) in [5.74, 6) is 0. The Hall–Kier alpha value is 0.627. The van der Waals surface area contributed by atoms with Crippen LogP contribution in [0.2, 0.25) is 0 Å². The molecule has 0 bridgehead atoms. The summed E-state index contributed by atoms with van der Waals surface area (Å²) in [6.45, 7) is 13.2. The van der Waals surface area contributed by atoms with Gasteiger partial charge in [0.25, 0.3) is 0 Å². The first-order valence-corrected chi connectivity index (χ1v) is 8.96. The fourth-order valence-corrected chi connectivity index (χ4v) is 6.31. The number of rotatable bonds is 2. The second kappa shape index (κ2) is 6.40. The smallest absolute Gasteiger partial charge is 0.0882 e. The molecule has 0 aromatic rings. The molecular formula is C16H22Cl2HfSi. The Kier molecular flexibility index (Phi) is 5.97. The van der Waals surface area contributed by atoms with Gasteiger partial charge in [-0.05, 0) is 38.8 Å². The van der Waals surface area contributed by atoms with Crippen LogP contribution in [0.1, 0.15) is 48.0 Å². The van der Waals surface area contributed by atoms with Crippen LogP contribution in [0.15, 0.2) is 42.7 Å². The van der Waals surface area contributed by atoms with Crippen LogP contribution in [0, 0.1) is 5.41 Å². The van der Waals surface area contributed by atoms with E-state index < -0.39 is 9.52 Å². The summed E-state index contributed by atoms with van der Waals surface area (Å²) in [6.07, 6.45) is 0.946. The van der Waals surface area contributed by atoms with E-state index in [1.807, 2.05) is 0 Å². The third-order valence-electron chi connectivity index (χ3n) is 4.87. The predicted octanol–water partition coefficient (Wildman–Crippen LogP) is 5.17. The molecule has 0 amide bonds. The molecule has 0 saturated carbocycles. The Morgan fingerprint density at radius 2 is 1.50 bits per heavy atom. The Morgan fingerprint density at radius 3 is 1.85 bits per heavy atom. The van der Waals surface area contributed by atoms with Crippen molar-refractivity contribution >= 4 is 32.7 Å². The van der Waals surface area contributed by atoms with Gasteiger partial charge in [-0.3, -0.25) is 0 Å². The molecular weight excluding hydrogens is 470 g/mol. The van der Waals surface area contributed by atoms with Crippen molar-refractivity contribution in [1.82, 2.24) is 0 Å². The Morgan fingerprint density at radius 1 is 0.950 bits per heavy atom. The van der Waals surface area contributed by atoms with E-state index in [4.69, 9.17) is 23.2 Å². The topological polar surface area (TPSA) is 0 Å². The second-order valence-electron chi connectivity index (χ2n) is 6.31. The summed E-state index contributed by atoms with van der Waals surface area (Å²) in [5, 5.41) is 5.13. The SMILES string of the molecule is CC1=C([SiH2]C2=C(C)C(C)(C)C(Cl)=C2C)C(C)=C(Cl)C1.[Hf]. The van der Waals surface area contributed by atoms with Gasteiger partial charge in [-0.25, -0.2) is 0 Å². The third-order valence-corrected chi connectivity index (χ3v) is 8.94. The van der Waals surface area contributed by atoms with Crippen molar-refractivity contribution in [1.29, 1.82) is 0 Å². The molecule has 0 unspecified atom stereocenters. The minimum atomic E-state index is -0.483. The van der Waals surface area contributed by atoms with E-state index in [0.29, 0.717) is 0 Å². The van der Waals surface area contributed by atoms with Crippen LogP contribution >= 0.6 is 23.2 Å². The summed E-state index contributed by atoms with van der Waals surface area (Å²) in [5.41, 5.74) is 5.57. The Bertz CT molecular complexity index is 577. The van der Waals surface area contributed by atoms with E-state index in [1.54, 1.807) is 5.20 Å². The van der Waals surface area contributed by atoms with Crippen LogP contribution in [0.4, 0.5) is 0 Å². The molecule has 0 fully saturated rings. The van der Waals surface area contributed by atoms with E-state index in [0.717, 1.165) is 16.5 Å². The molecule has 0 radical (unpaired) electrons. The van der Waals surface area contributed by atoms with E-state index >= 15 is 0 Å². The summed E-state index contributed by atoms with van der Waals surface area (Å²) in [6, 6.07) is 0. The van der Waals surface area contributed by atoms with Gasteiger partial charge in [0.1, 0.15) is 0 Å². The molecule has 2 aliphatic rings. The quantitative estimate of drug-likeness (QED) is 0.468. The Balaban J connectivity index is 0.00000200. The molecule has 2 aliphatic carbocycles. The molecule has 0 aromatic carbocycles. The number of halogens is 2. The fourth-order valence-electron chi connectivity index (χ4n) is 3.11. The molecule has 0 atom stereocenters. The van der Waals surface area contributed by atoms with E-state index in [1.165, 1.54) is 27.5 Å². The Labute approximate surface area is 154 Å². The van der Waals surface area contributed by atoms with Crippen LogP contribution in [0.5, 0.6) is 0 Å². The van der Waals surface area contributed by atoms with Crippen LogP contribution < -0.4 is 0 Å². The molecule has 108 valence electrons. The predicted molar refractivity (Wildman–Crippen MR) is 89.4 cm³/mol. The maximum atomic E-state index is 6.54. The van der Waals surface area contributed by atoms with Crippen molar-refractivity contribution in [2.75, 3.05) is 0 Å². The van der Waals surface area contributed by atoms with Gasteiger partial charge in [0, 0.05) is 47.7 Å². The summed E-state index contributed by atoms with van der Waals surface area (Å²) in [4.78, 5) is 0. The molecule has 0 N–H and O–H groups in total. The van der Waals surface area contributed by atoms with Crippen molar-refractivity contribution in [3.8, 4) is 0 Å². The number of hydrogen-bond acceptors (Lipinski definition) is 0. The van der Waals surface area contributed by atoms with E-state index in [2.05, 4.69) is 41.5 Å². The van der Waals surface area contributed by atoms with Crippen molar-refractivity contribution < 1.29 is 25.8 Å². The summed E-state index contributed by atoms with van der Waals surface area (Å²) in [7, 11) is -0.483. The van der Waals surface area contributed by atoms with Crippen LogP contribution in [0.3, 0.4) is 0 Å². The third kappa shape index (κ3) is 2.91. The summed E-state index contributed by atoms with van der Waals surface area (Å²) >= 11 is 12.8. The number of allylic oxidation sites excluding steroid dienone is 8. The zero-order valence-corrected chi connectivity index (χ0v) is 19.7. The van der Waals surface area contributed by atoms with Crippen molar-refractivity contribution in [3.63, 3.8) is 0 Å². The van der Waals surface area contributed by atoms with Gasteiger partial charge in [-0.15, -0.1) is 0 Å². The average molecular weight is 492 g/mol. The molecule has 4 heteroatoms. The standard InChI is InChI=1S/C16H22Cl2Si.Hf/c1-8-7-12(17)9(2)13(8)19-14-10(3)15(18)16(5,6)11(14)4;/h7,19H2,1-6H3;. The van der Waals surface area contributed by atoms with Gasteiger partial charge < -0.3 is 0 Å². The van der Waals surface area contributed by atoms with Gasteiger partial charge in [0.15, 0.2) is 0 Å². The average Bonchev–Trinajstić information content (AvgIpc) is 2.65. The molecule has 0 heterocycles. The van der Waals surface area contributed by atoms with Crippen LogP contribution in [0.25, 0.3) is 0 Å².